The smallest absolute Gasteiger partial charge is 0.00714 e. The average molecular weight is 203 g/mol. The fourth-order valence-corrected chi connectivity index (χ4v) is 2.89. The molecule has 0 fully saturated rings. The Labute approximate surface area is 92.7 Å². The molecular formula is C14H21N. The molecule has 2 atom stereocenters. The molecule has 0 spiro atoms. The molecule has 1 nitrogen and oxygen atoms in total. The summed E-state index contributed by atoms with van der Waals surface area (Å²) in [5.74, 6) is 2.20. The second kappa shape index (κ2) is 4.36. The minimum atomic E-state index is 0.707. The van der Waals surface area contributed by atoms with Crippen LogP contribution in [0.3, 0.4) is 0 Å². The summed E-state index contributed by atoms with van der Waals surface area (Å²) in [4.78, 5) is 0. The second-order valence-electron chi connectivity index (χ2n) is 4.99. The van der Waals surface area contributed by atoms with Crippen molar-refractivity contribution in [1.29, 1.82) is 0 Å². The molecule has 82 valence electrons. The van der Waals surface area contributed by atoms with Gasteiger partial charge in [0.25, 0.3) is 0 Å². The predicted molar refractivity (Wildman–Crippen MR) is 65.1 cm³/mol. The molecule has 2 rings (SSSR count). The van der Waals surface area contributed by atoms with Crippen molar-refractivity contribution in [3.8, 4) is 0 Å². The van der Waals surface area contributed by atoms with Crippen LogP contribution in [-0.4, -0.2) is 6.54 Å². The summed E-state index contributed by atoms with van der Waals surface area (Å²) in [6.07, 6.45) is 2.44. The third-order valence-corrected chi connectivity index (χ3v) is 3.69. The lowest BCUT2D eigenvalue weighted by atomic mass is 9.89. The van der Waals surface area contributed by atoms with E-state index in [4.69, 9.17) is 5.73 Å². The molecule has 0 saturated carbocycles. The van der Waals surface area contributed by atoms with Crippen molar-refractivity contribution in [1.82, 2.24) is 0 Å². The molecule has 1 aliphatic carbocycles. The van der Waals surface area contributed by atoms with Gasteiger partial charge in [0.15, 0.2) is 0 Å². The fourth-order valence-electron chi connectivity index (χ4n) is 2.89. The van der Waals surface area contributed by atoms with Gasteiger partial charge in [-0.1, -0.05) is 38.1 Å². The molecule has 1 aromatic carbocycles. The van der Waals surface area contributed by atoms with Gasteiger partial charge < -0.3 is 5.73 Å². The number of hydrogen-bond donors (Lipinski definition) is 1. The number of rotatable bonds is 3. The minimum absolute atomic E-state index is 0.707. The average Bonchev–Trinajstić information content (AvgIpc) is 2.59. The zero-order valence-corrected chi connectivity index (χ0v) is 9.74. The number of fused-ring (bicyclic) bond motifs is 1. The van der Waals surface area contributed by atoms with Crippen molar-refractivity contribution in [3.05, 3.63) is 35.4 Å². The Bertz CT molecular complexity index is 330. The molecule has 0 aromatic heterocycles. The Kier molecular flexibility index (Phi) is 3.11. The van der Waals surface area contributed by atoms with Gasteiger partial charge in [0, 0.05) is 0 Å². The molecule has 2 unspecified atom stereocenters. The van der Waals surface area contributed by atoms with Crippen molar-refractivity contribution in [2.45, 2.75) is 38.5 Å². The maximum absolute atomic E-state index is 5.69. The Hall–Kier alpha value is -0.820. The molecule has 0 amide bonds. The van der Waals surface area contributed by atoms with Gasteiger partial charge in [0.2, 0.25) is 0 Å². The Morgan fingerprint density at radius 2 is 1.93 bits per heavy atom. The van der Waals surface area contributed by atoms with Crippen LogP contribution >= 0.6 is 0 Å². The lowest BCUT2D eigenvalue weighted by Gasteiger charge is -2.15. The lowest BCUT2D eigenvalue weighted by Crippen LogP contribution is -2.06. The van der Waals surface area contributed by atoms with Crippen LogP contribution in [0, 0.1) is 5.92 Å². The summed E-state index contributed by atoms with van der Waals surface area (Å²) < 4.78 is 0. The van der Waals surface area contributed by atoms with Gasteiger partial charge in [-0.05, 0) is 48.3 Å². The van der Waals surface area contributed by atoms with Gasteiger partial charge in [-0.15, -0.1) is 0 Å². The Morgan fingerprint density at radius 1 is 1.27 bits per heavy atom. The topological polar surface area (TPSA) is 26.0 Å². The SMILES string of the molecule is CC(C)C1CC(CCN)c2ccccc21. The molecular weight excluding hydrogens is 182 g/mol. The number of nitrogens with two attached hydrogens (primary N) is 1. The lowest BCUT2D eigenvalue weighted by molar-refractivity contribution is 0.457. The summed E-state index contributed by atoms with van der Waals surface area (Å²) in [6, 6.07) is 8.92. The van der Waals surface area contributed by atoms with Crippen LogP contribution in [0.15, 0.2) is 24.3 Å². The highest BCUT2D eigenvalue weighted by atomic mass is 14.5. The third-order valence-electron chi connectivity index (χ3n) is 3.69. The minimum Gasteiger partial charge on any atom is -0.330 e. The molecule has 15 heavy (non-hydrogen) atoms. The summed E-state index contributed by atoms with van der Waals surface area (Å²) >= 11 is 0. The van der Waals surface area contributed by atoms with Gasteiger partial charge >= 0.3 is 0 Å². The van der Waals surface area contributed by atoms with Crippen LogP contribution in [0.2, 0.25) is 0 Å². The summed E-state index contributed by atoms with van der Waals surface area (Å²) in [5.41, 5.74) is 8.82. The van der Waals surface area contributed by atoms with E-state index in [2.05, 4.69) is 38.1 Å². The van der Waals surface area contributed by atoms with E-state index in [9.17, 15) is 0 Å². The van der Waals surface area contributed by atoms with Crippen molar-refractivity contribution in [2.75, 3.05) is 6.54 Å². The molecule has 1 aromatic rings. The maximum atomic E-state index is 5.69. The zero-order chi connectivity index (χ0) is 10.8. The van der Waals surface area contributed by atoms with Crippen LogP contribution in [0.4, 0.5) is 0 Å². The van der Waals surface area contributed by atoms with Crippen LogP contribution in [0.1, 0.15) is 49.7 Å². The molecule has 0 aliphatic heterocycles. The molecule has 0 bridgehead atoms. The zero-order valence-electron chi connectivity index (χ0n) is 9.74. The molecule has 0 radical (unpaired) electrons. The fraction of sp³-hybridized carbons (Fsp3) is 0.571. The van der Waals surface area contributed by atoms with E-state index in [1.807, 2.05) is 0 Å². The van der Waals surface area contributed by atoms with E-state index >= 15 is 0 Å². The molecule has 2 N–H and O–H groups in total. The number of benzene rings is 1. The highest BCUT2D eigenvalue weighted by Gasteiger charge is 2.31. The van der Waals surface area contributed by atoms with E-state index in [-0.39, 0.29) is 0 Å². The van der Waals surface area contributed by atoms with Crippen molar-refractivity contribution < 1.29 is 0 Å². The predicted octanol–water partition coefficient (Wildman–Crippen LogP) is 3.26. The van der Waals surface area contributed by atoms with Crippen LogP contribution in [0.5, 0.6) is 0 Å². The first-order chi connectivity index (χ1) is 7.24. The van der Waals surface area contributed by atoms with Crippen molar-refractivity contribution in [3.63, 3.8) is 0 Å². The van der Waals surface area contributed by atoms with E-state index in [0.717, 1.165) is 24.8 Å². The highest BCUT2D eigenvalue weighted by molar-refractivity contribution is 5.38. The van der Waals surface area contributed by atoms with E-state index in [1.54, 1.807) is 11.1 Å². The first kappa shape index (κ1) is 10.7. The molecule has 1 aliphatic rings. The van der Waals surface area contributed by atoms with Gasteiger partial charge in [0.1, 0.15) is 0 Å². The van der Waals surface area contributed by atoms with E-state index in [1.165, 1.54) is 6.42 Å². The summed E-state index contributed by atoms with van der Waals surface area (Å²) in [5, 5.41) is 0. The van der Waals surface area contributed by atoms with Crippen LogP contribution in [0.25, 0.3) is 0 Å². The van der Waals surface area contributed by atoms with Crippen molar-refractivity contribution in [2.24, 2.45) is 11.7 Å². The summed E-state index contributed by atoms with van der Waals surface area (Å²) in [7, 11) is 0. The first-order valence-corrected chi connectivity index (χ1v) is 6.03. The molecule has 0 heterocycles. The molecule has 1 heteroatoms. The van der Waals surface area contributed by atoms with Gasteiger partial charge in [-0.2, -0.15) is 0 Å². The van der Waals surface area contributed by atoms with Crippen molar-refractivity contribution >= 4 is 0 Å². The van der Waals surface area contributed by atoms with Gasteiger partial charge in [-0.3, -0.25) is 0 Å². The number of hydrogen-bond acceptors (Lipinski definition) is 1. The standard InChI is InChI=1S/C14H21N/c1-10(2)14-9-11(7-8-15)12-5-3-4-6-13(12)14/h3-6,10-11,14H,7-9,15H2,1-2H3. The van der Waals surface area contributed by atoms with Crippen LogP contribution < -0.4 is 5.73 Å². The second-order valence-corrected chi connectivity index (χ2v) is 4.99. The Morgan fingerprint density at radius 3 is 2.53 bits per heavy atom. The monoisotopic (exact) mass is 203 g/mol. The quantitative estimate of drug-likeness (QED) is 0.801. The Balaban J connectivity index is 2.31. The largest absolute Gasteiger partial charge is 0.330 e. The molecule has 0 saturated heterocycles. The van der Waals surface area contributed by atoms with E-state index < -0.39 is 0 Å². The van der Waals surface area contributed by atoms with Crippen LogP contribution in [-0.2, 0) is 0 Å². The first-order valence-electron chi connectivity index (χ1n) is 6.03. The van der Waals surface area contributed by atoms with E-state index in [0.29, 0.717) is 5.92 Å². The highest BCUT2D eigenvalue weighted by Crippen LogP contribution is 2.46. The maximum Gasteiger partial charge on any atom is -0.00714 e. The summed E-state index contributed by atoms with van der Waals surface area (Å²) in [6.45, 7) is 5.46. The normalized spacial score (nSPS) is 24.5. The third kappa shape index (κ3) is 1.93. The van der Waals surface area contributed by atoms with Gasteiger partial charge in [-0.25, -0.2) is 0 Å². The van der Waals surface area contributed by atoms with Gasteiger partial charge in [0.05, 0.1) is 0 Å².